The first kappa shape index (κ1) is 23.2. The van der Waals surface area contributed by atoms with Crippen molar-refractivity contribution in [2.45, 2.75) is 6.92 Å². The van der Waals surface area contributed by atoms with Crippen molar-refractivity contribution < 1.29 is 14.4 Å². The van der Waals surface area contributed by atoms with Crippen molar-refractivity contribution in [3.8, 4) is 0 Å². The second kappa shape index (κ2) is 10.3. The second-order valence-electron chi connectivity index (χ2n) is 7.74. The molecule has 2 aromatic heterocycles. The fraction of sp³-hybridized carbons (Fsp3) is 0.208. The molecule has 3 aromatic rings. The molecule has 1 aliphatic heterocycles. The van der Waals surface area contributed by atoms with Gasteiger partial charge in [-0.1, -0.05) is 11.6 Å². The predicted molar refractivity (Wildman–Crippen MR) is 130 cm³/mol. The molecule has 0 bridgehead atoms. The summed E-state index contributed by atoms with van der Waals surface area (Å²) in [6, 6.07) is 11.5. The summed E-state index contributed by atoms with van der Waals surface area (Å²) >= 11 is 6.22. The Bertz CT molecular complexity index is 1200. The highest BCUT2D eigenvalue weighted by Gasteiger charge is 2.20. The predicted octanol–water partition coefficient (Wildman–Crippen LogP) is 3.30. The minimum atomic E-state index is -0.339. The molecule has 3 amide bonds. The Balaban J connectivity index is 1.39. The zero-order valence-electron chi connectivity index (χ0n) is 18.5. The number of anilines is 3. The monoisotopic (exact) mass is 478 g/mol. The number of nitrogens with one attached hydrogen (secondary N) is 2. The van der Waals surface area contributed by atoms with Crippen molar-refractivity contribution in [2.24, 2.45) is 0 Å². The first-order valence-electron chi connectivity index (χ1n) is 10.7. The number of amides is 3. The maximum Gasteiger partial charge on any atom is 0.257 e. The summed E-state index contributed by atoms with van der Waals surface area (Å²) in [5.41, 5.74) is 1.68. The van der Waals surface area contributed by atoms with E-state index in [1.54, 1.807) is 54.3 Å². The van der Waals surface area contributed by atoms with Gasteiger partial charge < -0.3 is 20.4 Å². The van der Waals surface area contributed by atoms with Gasteiger partial charge in [0, 0.05) is 62.9 Å². The molecule has 174 valence electrons. The highest BCUT2D eigenvalue weighted by atomic mass is 35.5. The van der Waals surface area contributed by atoms with E-state index in [4.69, 9.17) is 11.6 Å². The Morgan fingerprint density at radius 2 is 1.59 bits per heavy atom. The van der Waals surface area contributed by atoms with Crippen LogP contribution in [0.25, 0.3) is 0 Å². The lowest BCUT2D eigenvalue weighted by Gasteiger charge is -2.34. The average Bonchev–Trinajstić information content (AvgIpc) is 2.86. The number of aromatic nitrogens is 2. The smallest absolute Gasteiger partial charge is 0.257 e. The molecule has 0 saturated carbocycles. The van der Waals surface area contributed by atoms with Gasteiger partial charge in [-0.05, 0) is 42.5 Å². The first-order chi connectivity index (χ1) is 16.4. The number of pyridine rings is 2. The van der Waals surface area contributed by atoms with Crippen LogP contribution < -0.4 is 15.5 Å². The number of benzene rings is 1. The molecule has 34 heavy (non-hydrogen) atoms. The van der Waals surface area contributed by atoms with Gasteiger partial charge in [-0.2, -0.15) is 0 Å². The van der Waals surface area contributed by atoms with Gasteiger partial charge in [0.25, 0.3) is 11.8 Å². The number of halogens is 1. The van der Waals surface area contributed by atoms with Crippen LogP contribution >= 0.6 is 11.6 Å². The van der Waals surface area contributed by atoms with Crippen LogP contribution in [0.3, 0.4) is 0 Å². The van der Waals surface area contributed by atoms with Gasteiger partial charge in [0.1, 0.15) is 5.82 Å². The standard InChI is InChI=1S/C24H23ClN6O3/c1-16(32)30-10-12-31(13-11-30)22-5-2-18(15-27-22)24(34)28-19-3-4-20(25)21(14-19)29-23(33)17-6-8-26-9-7-17/h2-9,14-15H,10-13H2,1H3,(H,28,34)(H,29,33). The van der Waals surface area contributed by atoms with Gasteiger partial charge >= 0.3 is 0 Å². The molecule has 2 N–H and O–H groups in total. The summed E-state index contributed by atoms with van der Waals surface area (Å²) < 4.78 is 0. The summed E-state index contributed by atoms with van der Waals surface area (Å²) in [5, 5.41) is 5.88. The number of hydrogen-bond donors (Lipinski definition) is 2. The quantitative estimate of drug-likeness (QED) is 0.582. The maximum atomic E-state index is 12.7. The lowest BCUT2D eigenvalue weighted by atomic mass is 10.2. The zero-order chi connectivity index (χ0) is 24.1. The van der Waals surface area contributed by atoms with E-state index >= 15 is 0 Å². The Labute approximate surface area is 201 Å². The molecule has 0 atom stereocenters. The SMILES string of the molecule is CC(=O)N1CCN(c2ccc(C(=O)Nc3ccc(Cl)c(NC(=O)c4ccncc4)c3)cn2)CC1. The Hall–Kier alpha value is -3.98. The molecule has 1 aromatic carbocycles. The van der Waals surface area contributed by atoms with Crippen molar-refractivity contribution >= 4 is 46.5 Å². The number of piperazine rings is 1. The molecule has 10 heteroatoms. The van der Waals surface area contributed by atoms with E-state index in [2.05, 4.69) is 25.5 Å². The van der Waals surface area contributed by atoms with E-state index < -0.39 is 0 Å². The molecular weight excluding hydrogens is 456 g/mol. The summed E-state index contributed by atoms with van der Waals surface area (Å²) in [7, 11) is 0. The molecule has 0 spiro atoms. The molecule has 1 aliphatic rings. The fourth-order valence-corrected chi connectivity index (χ4v) is 3.72. The Morgan fingerprint density at radius 1 is 0.882 bits per heavy atom. The van der Waals surface area contributed by atoms with Crippen molar-refractivity contribution in [2.75, 3.05) is 41.7 Å². The Morgan fingerprint density at radius 3 is 2.24 bits per heavy atom. The number of hydrogen-bond acceptors (Lipinski definition) is 6. The third kappa shape index (κ3) is 5.49. The van der Waals surface area contributed by atoms with Gasteiger partial charge in [-0.25, -0.2) is 4.98 Å². The highest BCUT2D eigenvalue weighted by molar-refractivity contribution is 6.34. The van der Waals surface area contributed by atoms with E-state index in [1.807, 2.05) is 0 Å². The summed E-state index contributed by atoms with van der Waals surface area (Å²) in [6.07, 6.45) is 4.57. The van der Waals surface area contributed by atoms with Crippen molar-refractivity contribution in [3.63, 3.8) is 0 Å². The van der Waals surface area contributed by atoms with E-state index in [1.165, 1.54) is 18.6 Å². The fourth-order valence-electron chi connectivity index (χ4n) is 3.56. The number of rotatable bonds is 5. The number of nitrogens with zero attached hydrogens (tertiary/aromatic N) is 4. The van der Waals surface area contributed by atoms with E-state index in [9.17, 15) is 14.4 Å². The molecule has 1 fully saturated rings. The maximum absolute atomic E-state index is 12.7. The van der Waals surface area contributed by atoms with E-state index in [0.717, 1.165) is 5.82 Å². The van der Waals surface area contributed by atoms with Crippen LogP contribution in [0.15, 0.2) is 61.1 Å². The average molecular weight is 479 g/mol. The number of carbonyl (C=O) groups excluding carboxylic acids is 3. The normalized spacial score (nSPS) is 13.4. The molecule has 9 nitrogen and oxygen atoms in total. The summed E-state index contributed by atoms with van der Waals surface area (Å²) in [4.78, 5) is 48.8. The minimum absolute atomic E-state index is 0.0712. The third-order valence-electron chi connectivity index (χ3n) is 5.47. The molecule has 4 rings (SSSR count). The first-order valence-corrected chi connectivity index (χ1v) is 11.1. The topological polar surface area (TPSA) is 108 Å². The van der Waals surface area contributed by atoms with Crippen LogP contribution in [0.2, 0.25) is 5.02 Å². The molecule has 3 heterocycles. The lowest BCUT2D eigenvalue weighted by Crippen LogP contribution is -2.48. The third-order valence-corrected chi connectivity index (χ3v) is 5.80. The van der Waals surface area contributed by atoms with E-state index in [0.29, 0.717) is 53.7 Å². The van der Waals surface area contributed by atoms with Crippen LogP contribution in [0.5, 0.6) is 0 Å². The summed E-state index contributed by atoms with van der Waals surface area (Å²) in [5.74, 6) is 0.153. The lowest BCUT2D eigenvalue weighted by molar-refractivity contribution is -0.129. The van der Waals surface area contributed by atoms with Crippen molar-refractivity contribution in [3.05, 3.63) is 77.2 Å². The van der Waals surface area contributed by atoms with Crippen LogP contribution in [-0.2, 0) is 4.79 Å². The second-order valence-corrected chi connectivity index (χ2v) is 8.14. The van der Waals surface area contributed by atoms with Crippen LogP contribution in [-0.4, -0.2) is 58.8 Å². The van der Waals surface area contributed by atoms with Crippen LogP contribution in [0.4, 0.5) is 17.2 Å². The van der Waals surface area contributed by atoms with Crippen LogP contribution in [0, 0.1) is 0 Å². The van der Waals surface area contributed by atoms with Crippen molar-refractivity contribution in [1.29, 1.82) is 0 Å². The van der Waals surface area contributed by atoms with Gasteiger partial charge in [0.2, 0.25) is 5.91 Å². The molecule has 1 saturated heterocycles. The van der Waals surface area contributed by atoms with Crippen LogP contribution in [0.1, 0.15) is 27.6 Å². The van der Waals surface area contributed by atoms with Gasteiger partial charge in [-0.3, -0.25) is 19.4 Å². The molecular formula is C24H23ClN6O3. The van der Waals surface area contributed by atoms with Gasteiger partial charge in [-0.15, -0.1) is 0 Å². The van der Waals surface area contributed by atoms with Gasteiger partial charge in [0.05, 0.1) is 16.3 Å². The zero-order valence-corrected chi connectivity index (χ0v) is 19.2. The van der Waals surface area contributed by atoms with Crippen molar-refractivity contribution in [1.82, 2.24) is 14.9 Å². The highest BCUT2D eigenvalue weighted by Crippen LogP contribution is 2.26. The molecule has 0 aliphatic carbocycles. The summed E-state index contributed by atoms with van der Waals surface area (Å²) in [6.45, 7) is 4.25. The van der Waals surface area contributed by atoms with Gasteiger partial charge in [0.15, 0.2) is 0 Å². The van der Waals surface area contributed by atoms with E-state index in [-0.39, 0.29) is 17.7 Å². The largest absolute Gasteiger partial charge is 0.353 e. The number of carbonyl (C=O) groups is 3. The minimum Gasteiger partial charge on any atom is -0.353 e. The molecule has 0 radical (unpaired) electrons. The molecule has 0 unspecified atom stereocenters. The Kier molecular flexibility index (Phi) is 7.03.